The van der Waals surface area contributed by atoms with Crippen LogP contribution in [0.5, 0.6) is 0 Å². The fourth-order valence-corrected chi connectivity index (χ4v) is 3.85. The summed E-state index contributed by atoms with van der Waals surface area (Å²) in [6, 6.07) is 0.814. The van der Waals surface area contributed by atoms with Gasteiger partial charge in [-0.15, -0.1) is 0 Å². The van der Waals surface area contributed by atoms with Gasteiger partial charge in [0.2, 0.25) is 0 Å². The van der Waals surface area contributed by atoms with Crippen molar-refractivity contribution in [2.45, 2.75) is 76.3 Å². The molecule has 0 radical (unpaired) electrons. The van der Waals surface area contributed by atoms with Gasteiger partial charge < -0.3 is 10.6 Å². The van der Waals surface area contributed by atoms with E-state index in [9.17, 15) is 0 Å². The first-order valence-electron chi connectivity index (χ1n) is 7.60. The molecular formula is C15H30N2. The highest BCUT2D eigenvalue weighted by Crippen LogP contribution is 2.32. The lowest BCUT2D eigenvalue weighted by molar-refractivity contribution is 0.129. The summed E-state index contributed by atoms with van der Waals surface area (Å²) in [5, 5.41) is 0. The van der Waals surface area contributed by atoms with Crippen LogP contribution in [-0.4, -0.2) is 30.1 Å². The fourth-order valence-electron chi connectivity index (χ4n) is 3.85. The molecule has 2 atom stereocenters. The highest BCUT2D eigenvalue weighted by molar-refractivity contribution is 4.90. The molecule has 2 heteroatoms. The van der Waals surface area contributed by atoms with Crippen LogP contribution in [0.4, 0.5) is 0 Å². The molecule has 0 amide bonds. The van der Waals surface area contributed by atoms with E-state index in [0.29, 0.717) is 0 Å². The fraction of sp³-hybridized carbons (Fsp3) is 1.00. The van der Waals surface area contributed by atoms with Gasteiger partial charge >= 0.3 is 0 Å². The van der Waals surface area contributed by atoms with E-state index in [-0.39, 0.29) is 5.54 Å². The Hall–Kier alpha value is -0.0800. The lowest BCUT2D eigenvalue weighted by Crippen LogP contribution is -2.44. The smallest absolute Gasteiger partial charge is 0.0166 e. The van der Waals surface area contributed by atoms with Crippen molar-refractivity contribution in [3.05, 3.63) is 0 Å². The molecule has 0 aliphatic heterocycles. The molecule has 0 saturated heterocycles. The molecular weight excluding hydrogens is 208 g/mol. The topological polar surface area (TPSA) is 29.3 Å². The van der Waals surface area contributed by atoms with E-state index in [4.69, 9.17) is 5.73 Å². The second-order valence-electron chi connectivity index (χ2n) is 6.63. The minimum Gasteiger partial charge on any atom is -0.325 e. The number of hydrogen-bond donors (Lipinski definition) is 1. The molecule has 0 bridgehead atoms. The van der Waals surface area contributed by atoms with Crippen LogP contribution >= 0.6 is 0 Å². The van der Waals surface area contributed by atoms with Gasteiger partial charge in [0.05, 0.1) is 0 Å². The van der Waals surface area contributed by atoms with Gasteiger partial charge in [0.25, 0.3) is 0 Å². The largest absolute Gasteiger partial charge is 0.325 e. The molecule has 0 spiro atoms. The maximum atomic E-state index is 6.44. The third kappa shape index (κ3) is 3.45. The predicted molar refractivity (Wildman–Crippen MR) is 74.1 cm³/mol. The zero-order valence-electron chi connectivity index (χ0n) is 11.8. The third-order valence-corrected chi connectivity index (χ3v) is 5.19. The summed E-state index contributed by atoms with van der Waals surface area (Å²) in [5.74, 6) is 0.881. The van der Waals surface area contributed by atoms with Gasteiger partial charge in [0.15, 0.2) is 0 Å². The second-order valence-corrected chi connectivity index (χ2v) is 6.63. The Bertz CT molecular complexity index is 233. The highest BCUT2D eigenvalue weighted by atomic mass is 15.1. The standard InChI is InChI=1S/C15H30N2/c1-13-7-3-4-8-14(13)17(2)12-11-15(16)9-5-6-10-15/h13-14H,3-12,16H2,1-2H3. The molecule has 2 N–H and O–H groups in total. The Kier molecular flexibility index (Phi) is 4.48. The maximum Gasteiger partial charge on any atom is 0.0166 e. The molecule has 17 heavy (non-hydrogen) atoms. The Labute approximate surface area is 107 Å². The number of hydrogen-bond acceptors (Lipinski definition) is 2. The van der Waals surface area contributed by atoms with Crippen LogP contribution in [0.1, 0.15) is 64.7 Å². The summed E-state index contributed by atoms with van der Waals surface area (Å²) >= 11 is 0. The van der Waals surface area contributed by atoms with E-state index >= 15 is 0 Å². The van der Waals surface area contributed by atoms with Gasteiger partial charge in [-0.25, -0.2) is 0 Å². The molecule has 2 fully saturated rings. The van der Waals surface area contributed by atoms with Gasteiger partial charge in [-0.05, 0) is 51.6 Å². The molecule has 0 aromatic carbocycles. The zero-order chi connectivity index (χ0) is 12.3. The first-order valence-corrected chi connectivity index (χ1v) is 7.60. The number of nitrogens with two attached hydrogens (primary N) is 1. The van der Waals surface area contributed by atoms with Crippen LogP contribution in [0.25, 0.3) is 0 Å². The summed E-state index contributed by atoms with van der Waals surface area (Å²) in [6.07, 6.45) is 12.1. The number of nitrogens with zero attached hydrogens (tertiary/aromatic N) is 1. The molecule has 0 aromatic rings. The van der Waals surface area contributed by atoms with Crippen LogP contribution in [0.15, 0.2) is 0 Å². The van der Waals surface area contributed by atoms with Gasteiger partial charge in [-0.1, -0.05) is 32.6 Å². The SMILES string of the molecule is CC1CCCCC1N(C)CCC1(N)CCCC1. The summed E-state index contributed by atoms with van der Waals surface area (Å²) < 4.78 is 0. The van der Waals surface area contributed by atoms with Crippen LogP contribution in [0.2, 0.25) is 0 Å². The summed E-state index contributed by atoms with van der Waals surface area (Å²) in [6.45, 7) is 3.62. The minimum absolute atomic E-state index is 0.173. The molecule has 2 saturated carbocycles. The Morgan fingerprint density at radius 3 is 2.41 bits per heavy atom. The van der Waals surface area contributed by atoms with Gasteiger partial charge in [-0.2, -0.15) is 0 Å². The number of rotatable bonds is 4. The molecule has 0 heterocycles. The molecule has 100 valence electrons. The van der Waals surface area contributed by atoms with Crippen molar-refractivity contribution in [3.63, 3.8) is 0 Å². The van der Waals surface area contributed by atoms with E-state index in [1.165, 1.54) is 64.3 Å². The molecule has 2 aliphatic rings. The Balaban J connectivity index is 1.77. The van der Waals surface area contributed by atoms with Crippen LogP contribution in [-0.2, 0) is 0 Å². The van der Waals surface area contributed by atoms with Crippen molar-refractivity contribution < 1.29 is 0 Å². The van der Waals surface area contributed by atoms with Crippen LogP contribution < -0.4 is 5.73 Å². The monoisotopic (exact) mass is 238 g/mol. The van der Waals surface area contributed by atoms with Crippen molar-refractivity contribution >= 4 is 0 Å². The van der Waals surface area contributed by atoms with E-state index in [0.717, 1.165) is 12.0 Å². The lowest BCUT2D eigenvalue weighted by atomic mass is 9.84. The Morgan fingerprint density at radius 2 is 1.76 bits per heavy atom. The lowest BCUT2D eigenvalue weighted by Gasteiger charge is -2.38. The maximum absolute atomic E-state index is 6.44. The summed E-state index contributed by atoms with van der Waals surface area (Å²) in [4.78, 5) is 2.59. The average Bonchev–Trinajstić information content (AvgIpc) is 2.74. The molecule has 0 aromatic heterocycles. The van der Waals surface area contributed by atoms with Crippen molar-refractivity contribution in [3.8, 4) is 0 Å². The normalized spacial score (nSPS) is 33.2. The predicted octanol–water partition coefficient (Wildman–Crippen LogP) is 3.16. The summed E-state index contributed by atoms with van der Waals surface area (Å²) in [7, 11) is 2.31. The molecule has 2 rings (SSSR count). The minimum atomic E-state index is 0.173. The van der Waals surface area contributed by atoms with E-state index < -0.39 is 0 Å². The van der Waals surface area contributed by atoms with Crippen molar-refractivity contribution in [1.29, 1.82) is 0 Å². The van der Waals surface area contributed by atoms with Crippen LogP contribution in [0.3, 0.4) is 0 Å². The van der Waals surface area contributed by atoms with Crippen molar-refractivity contribution in [2.24, 2.45) is 11.7 Å². The zero-order valence-corrected chi connectivity index (χ0v) is 11.8. The highest BCUT2D eigenvalue weighted by Gasteiger charge is 2.31. The van der Waals surface area contributed by atoms with E-state index in [1.807, 2.05) is 0 Å². The molecule has 2 aliphatic carbocycles. The van der Waals surface area contributed by atoms with E-state index in [2.05, 4.69) is 18.9 Å². The molecule has 2 nitrogen and oxygen atoms in total. The average molecular weight is 238 g/mol. The third-order valence-electron chi connectivity index (χ3n) is 5.19. The van der Waals surface area contributed by atoms with Gasteiger partial charge in [-0.3, -0.25) is 0 Å². The first kappa shape index (κ1) is 13.4. The quantitative estimate of drug-likeness (QED) is 0.815. The van der Waals surface area contributed by atoms with Gasteiger partial charge in [0.1, 0.15) is 0 Å². The van der Waals surface area contributed by atoms with Crippen molar-refractivity contribution in [1.82, 2.24) is 4.90 Å². The second kappa shape index (κ2) is 5.71. The Morgan fingerprint density at radius 1 is 1.12 bits per heavy atom. The summed E-state index contributed by atoms with van der Waals surface area (Å²) in [5.41, 5.74) is 6.62. The van der Waals surface area contributed by atoms with Crippen LogP contribution in [0, 0.1) is 5.92 Å². The van der Waals surface area contributed by atoms with E-state index in [1.54, 1.807) is 0 Å². The van der Waals surface area contributed by atoms with Crippen molar-refractivity contribution in [2.75, 3.05) is 13.6 Å². The van der Waals surface area contributed by atoms with Gasteiger partial charge in [0, 0.05) is 11.6 Å². The molecule has 2 unspecified atom stereocenters. The first-order chi connectivity index (χ1) is 8.11.